The minimum Gasteiger partial charge on any atom is -0.493 e. The summed E-state index contributed by atoms with van der Waals surface area (Å²) in [5.41, 5.74) is 2.72. The predicted molar refractivity (Wildman–Crippen MR) is 112 cm³/mol. The van der Waals surface area contributed by atoms with Gasteiger partial charge >= 0.3 is 0 Å². The van der Waals surface area contributed by atoms with Crippen molar-refractivity contribution in [3.8, 4) is 11.5 Å². The van der Waals surface area contributed by atoms with Gasteiger partial charge in [0, 0.05) is 29.6 Å². The van der Waals surface area contributed by atoms with Gasteiger partial charge in [0.15, 0.2) is 11.5 Å². The molecule has 0 aliphatic carbocycles. The molecule has 2 aromatic carbocycles. The van der Waals surface area contributed by atoms with Crippen molar-refractivity contribution in [3.05, 3.63) is 48.7 Å². The summed E-state index contributed by atoms with van der Waals surface area (Å²) in [5.74, 6) is 2.06. The van der Waals surface area contributed by atoms with Crippen molar-refractivity contribution < 1.29 is 14.2 Å². The number of hydrogen-bond donors (Lipinski definition) is 2. The molecule has 0 unspecified atom stereocenters. The van der Waals surface area contributed by atoms with E-state index in [1.807, 2.05) is 42.5 Å². The Morgan fingerprint density at radius 1 is 0.964 bits per heavy atom. The van der Waals surface area contributed by atoms with Gasteiger partial charge in [-0.1, -0.05) is 0 Å². The van der Waals surface area contributed by atoms with Gasteiger partial charge in [0.05, 0.1) is 30.9 Å². The molecule has 146 valence electrons. The number of fused-ring (bicyclic) bond motifs is 2. The lowest BCUT2D eigenvalue weighted by molar-refractivity contribution is 0.144. The first kappa shape index (κ1) is 19.7. The van der Waals surface area contributed by atoms with Crippen LogP contribution < -0.4 is 14.8 Å². The minimum absolute atomic E-state index is 0. The fourth-order valence-corrected chi connectivity index (χ4v) is 2.87. The molecule has 0 spiro atoms. The molecule has 7 nitrogen and oxygen atoms in total. The van der Waals surface area contributed by atoms with E-state index in [-0.39, 0.29) is 12.4 Å². The molecule has 2 aromatic heterocycles. The molecule has 0 fully saturated rings. The topological polar surface area (TPSA) is 81.3 Å². The second kappa shape index (κ2) is 8.77. The van der Waals surface area contributed by atoms with E-state index in [0.717, 1.165) is 33.3 Å². The molecule has 28 heavy (non-hydrogen) atoms. The molecule has 0 atom stereocenters. The third kappa shape index (κ3) is 4.11. The first-order chi connectivity index (χ1) is 13.3. The van der Waals surface area contributed by atoms with Crippen molar-refractivity contribution in [1.29, 1.82) is 0 Å². The molecule has 4 aromatic rings. The predicted octanol–water partition coefficient (Wildman–Crippen LogP) is 4.31. The second-order valence-corrected chi connectivity index (χ2v) is 6.03. The molecule has 0 saturated carbocycles. The third-order valence-electron chi connectivity index (χ3n) is 4.23. The Morgan fingerprint density at radius 2 is 1.82 bits per heavy atom. The summed E-state index contributed by atoms with van der Waals surface area (Å²) < 4.78 is 16.2. The molecule has 0 aliphatic rings. The average Bonchev–Trinajstić information content (AvgIpc) is 3.15. The highest BCUT2D eigenvalue weighted by Crippen LogP contribution is 2.32. The number of aromatic nitrogens is 3. The third-order valence-corrected chi connectivity index (χ3v) is 4.23. The number of H-pyrrole nitrogens is 1. The maximum absolute atomic E-state index is 5.75. The number of pyridine rings is 1. The molecule has 2 N–H and O–H groups in total. The van der Waals surface area contributed by atoms with Crippen molar-refractivity contribution >= 4 is 45.7 Å². The van der Waals surface area contributed by atoms with E-state index in [0.29, 0.717) is 24.7 Å². The Bertz CT molecular complexity index is 1080. The highest BCUT2D eigenvalue weighted by atomic mass is 35.5. The molecule has 0 saturated heterocycles. The zero-order valence-electron chi connectivity index (χ0n) is 15.6. The molecule has 0 bridgehead atoms. The molecule has 0 radical (unpaired) electrons. The van der Waals surface area contributed by atoms with Crippen LogP contribution in [0, 0.1) is 0 Å². The number of halogens is 1. The van der Waals surface area contributed by atoms with Crippen LogP contribution in [0.15, 0.2) is 48.7 Å². The van der Waals surface area contributed by atoms with Crippen LogP contribution in [0.4, 0.5) is 11.5 Å². The minimum atomic E-state index is 0. The fraction of sp³-hybridized carbons (Fsp3) is 0.200. The van der Waals surface area contributed by atoms with Crippen LogP contribution >= 0.6 is 12.4 Å². The summed E-state index contributed by atoms with van der Waals surface area (Å²) in [5, 5.41) is 12.4. The van der Waals surface area contributed by atoms with Gasteiger partial charge in [-0.3, -0.25) is 5.10 Å². The summed E-state index contributed by atoms with van der Waals surface area (Å²) >= 11 is 0. The molecular weight excluding hydrogens is 380 g/mol. The lowest BCUT2D eigenvalue weighted by Crippen LogP contribution is -2.05. The van der Waals surface area contributed by atoms with E-state index in [1.165, 1.54) is 0 Å². The summed E-state index contributed by atoms with van der Waals surface area (Å²) in [4.78, 5) is 4.70. The highest BCUT2D eigenvalue weighted by Gasteiger charge is 2.09. The highest BCUT2D eigenvalue weighted by molar-refractivity contribution is 5.86. The first-order valence-electron chi connectivity index (χ1n) is 8.57. The van der Waals surface area contributed by atoms with Crippen molar-refractivity contribution in [2.24, 2.45) is 0 Å². The van der Waals surface area contributed by atoms with Crippen molar-refractivity contribution in [1.82, 2.24) is 15.2 Å². The Balaban J connectivity index is 0.00000225. The van der Waals surface area contributed by atoms with Gasteiger partial charge < -0.3 is 19.5 Å². The van der Waals surface area contributed by atoms with Gasteiger partial charge in [-0.2, -0.15) is 5.10 Å². The molecule has 8 heteroatoms. The lowest BCUT2D eigenvalue weighted by Gasteiger charge is -2.12. The monoisotopic (exact) mass is 400 g/mol. The molecule has 4 rings (SSSR count). The normalized spacial score (nSPS) is 10.6. The second-order valence-electron chi connectivity index (χ2n) is 6.03. The van der Waals surface area contributed by atoms with Crippen LogP contribution in [0.5, 0.6) is 11.5 Å². The van der Waals surface area contributed by atoms with Gasteiger partial charge in [-0.15, -0.1) is 12.4 Å². The van der Waals surface area contributed by atoms with Crippen LogP contribution in [-0.2, 0) is 4.74 Å². The largest absolute Gasteiger partial charge is 0.493 e. The molecule has 2 heterocycles. The zero-order valence-corrected chi connectivity index (χ0v) is 16.4. The quantitative estimate of drug-likeness (QED) is 0.450. The number of anilines is 2. The van der Waals surface area contributed by atoms with Gasteiger partial charge in [0.25, 0.3) is 0 Å². The number of nitrogens with zero attached hydrogens (tertiary/aromatic N) is 2. The van der Waals surface area contributed by atoms with Gasteiger partial charge in [-0.05, 0) is 36.4 Å². The Labute approximate surface area is 168 Å². The Hall–Kier alpha value is -3.03. The number of hydrogen-bond acceptors (Lipinski definition) is 6. The number of rotatable bonds is 7. The fourth-order valence-electron chi connectivity index (χ4n) is 2.87. The van der Waals surface area contributed by atoms with E-state index in [4.69, 9.17) is 19.2 Å². The van der Waals surface area contributed by atoms with Gasteiger partial charge in [0.2, 0.25) is 0 Å². The first-order valence-corrected chi connectivity index (χ1v) is 8.57. The maximum atomic E-state index is 5.75. The maximum Gasteiger partial charge on any atom is 0.163 e. The van der Waals surface area contributed by atoms with Crippen molar-refractivity contribution in [3.63, 3.8) is 0 Å². The summed E-state index contributed by atoms with van der Waals surface area (Å²) in [7, 11) is 3.26. The number of aromatic amines is 1. The van der Waals surface area contributed by atoms with E-state index in [9.17, 15) is 0 Å². The van der Waals surface area contributed by atoms with Crippen LogP contribution in [0.2, 0.25) is 0 Å². The van der Waals surface area contributed by atoms with Crippen LogP contribution in [0.1, 0.15) is 0 Å². The van der Waals surface area contributed by atoms with Crippen LogP contribution in [0.3, 0.4) is 0 Å². The number of ether oxygens (including phenoxy) is 3. The Kier molecular flexibility index (Phi) is 6.18. The average molecular weight is 401 g/mol. The lowest BCUT2D eigenvalue weighted by atomic mass is 10.2. The summed E-state index contributed by atoms with van der Waals surface area (Å²) in [6, 6.07) is 13.7. The van der Waals surface area contributed by atoms with E-state index in [1.54, 1.807) is 20.4 Å². The van der Waals surface area contributed by atoms with Crippen molar-refractivity contribution in [2.75, 3.05) is 32.8 Å². The molecule has 0 aliphatic heterocycles. The number of methoxy groups -OCH3 is 2. The van der Waals surface area contributed by atoms with E-state index in [2.05, 4.69) is 15.5 Å². The zero-order chi connectivity index (χ0) is 18.6. The SMILES string of the molecule is COCCOc1cc2nc(Nc3ccc4cn[nH]c4c3)ccc2cc1OC.Cl. The smallest absolute Gasteiger partial charge is 0.163 e. The van der Waals surface area contributed by atoms with Crippen LogP contribution in [0.25, 0.3) is 21.8 Å². The molecule has 0 amide bonds. The summed E-state index contributed by atoms with van der Waals surface area (Å²) in [6.07, 6.45) is 1.80. The standard InChI is InChI=1S/C20H20N4O3.ClH/c1-25-7-8-27-19-11-16-13(9-18(19)26-2)4-6-20(23-16)22-15-5-3-14-12-21-24-17(14)10-15;/h3-6,9-12H,7-8H2,1-2H3,(H,21,24)(H,22,23);1H. The number of nitrogens with one attached hydrogen (secondary N) is 2. The van der Waals surface area contributed by atoms with Gasteiger partial charge in [0.1, 0.15) is 12.4 Å². The van der Waals surface area contributed by atoms with Gasteiger partial charge in [-0.25, -0.2) is 4.98 Å². The van der Waals surface area contributed by atoms with Crippen molar-refractivity contribution in [2.45, 2.75) is 0 Å². The number of benzene rings is 2. The Morgan fingerprint density at radius 3 is 2.64 bits per heavy atom. The van der Waals surface area contributed by atoms with E-state index < -0.39 is 0 Å². The van der Waals surface area contributed by atoms with Crippen LogP contribution in [-0.4, -0.2) is 42.6 Å². The van der Waals surface area contributed by atoms with E-state index >= 15 is 0 Å². The molecular formula is C20H21ClN4O3. The summed E-state index contributed by atoms with van der Waals surface area (Å²) in [6.45, 7) is 0.951.